The van der Waals surface area contributed by atoms with E-state index in [0.29, 0.717) is 5.69 Å². The molecule has 0 saturated carbocycles. The maximum atomic E-state index is 12.2. The average molecular weight is 398 g/mol. The average Bonchev–Trinajstić information content (AvgIpc) is 2.42. The molecule has 0 saturated heterocycles. The van der Waals surface area contributed by atoms with E-state index in [1.807, 2.05) is 49.4 Å². The van der Waals surface area contributed by atoms with Crippen LogP contribution in [-0.4, -0.2) is 5.91 Å². The van der Waals surface area contributed by atoms with Crippen LogP contribution in [0.3, 0.4) is 0 Å². The summed E-state index contributed by atoms with van der Waals surface area (Å²) >= 11 is 6.89. The summed E-state index contributed by atoms with van der Waals surface area (Å²) in [5, 5.41) is 2.85. The second kappa shape index (κ2) is 6.52. The first-order valence-electron chi connectivity index (χ1n) is 6.06. The number of anilines is 1. The van der Waals surface area contributed by atoms with Crippen LogP contribution < -0.4 is 11.1 Å². The number of nitrogens with two attached hydrogens (primary N) is 1. The second-order valence-corrected chi connectivity index (χ2v) is 6.19. The normalized spacial score (nSPS) is 12.0. The van der Waals surface area contributed by atoms with Gasteiger partial charge in [-0.05, 0) is 62.0 Å². The standard InChI is InChI=1S/C15H14Br2N2O/c1-9-7-11(16)14(12(17)8-9)19-15(20)13(18)10-5-3-2-4-6-10/h2-8,13H,18H2,1H3,(H,19,20)/t13-/m0/s1. The first kappa shape index (κ1) is 15.2. The van der Waals surface area contributed by atoms with Gasteiger partial charge in [-0.3, -0.25) is 4.79 Å². The Hall–Kier alpha value is -1.17. The molecule has 20 heavy (non-hydrogen) atoms. The first-order chi connectivity index (χ1) is 9.49. The number of nitrogens with one attached hydrogen (secondary N) is 1. The Balaban J connectivity index is 2.20. The summed E-state index contributed by atoms with van der Waals surface area (Å²) in [5.74, 6) is -0.249. The van der Waals surface area contributed by atoms with Gasteiger partial charge in [0.15, 0.2) is 0 Å². The van der Waals surface area contributed by atoms with Gasteiger partial charge in [0.1, 0.15) is 6.04 Å². The zero-order chi connectivity index (χ0) is 14.7. The van der Waals surface area contributed by atoms with Gasteiger partial charge in [-0.15, -0.1) is 0 Å². The SMILES string of the molecule is Cc1cc(Br)c(NC(=O)[C@@H](N)c2ccccc2)c(Br)c1. The number of hydrogen-bond donors (Lipinski definition) is 2. The molecule has 0 unspecified atom stereocenters. The maximum Gasteiger partial charge on any atom is 0.245 e. The third-order valence-corrected chi connectivity index (χ3v) is 4.13. The van der Waals surface area contributed by atoms with Crippen molar-refractivity contribution in [3.8, 4) is 0 Å². The predicted octanol–water partition coefficient (Wildman–Crippen LogP) is 4.16. The van der Waals surface area contributed by atoms with Gasteiger partial charge in [0.05, 0.1) is 5.69 Å². The Kier molecular flexibility index (Phi) is 4.96. The van der Waals surface area contributed by atoms with E-state index in [0.717, 1.165) is 20.1 Å². The molecular formula is C15H14Br2N2O. The molecule has 0 fully saturated rings. The van der Waals surface area contributed by atoms with Gasteiger partial charge in [0, 0.05) is 8.95 Å². The van der Waals surface area contributed by atoms with Crippen LogP contribution in [0.4, 0.5) is 5.69 Å². The fourth-order valence-electron chi connectivity index (χ4n) is 1.83. The lowest BCUT2D eigenvalue weighted by Crippen LogP contribution is -2.28. The molecule has 0 bridgehead atoms. The van der Waals surface area contributed by atoms with Crippen molar-refractivity contribution in [3.63, 3.8) is 0 Å². The van der Waals surface area contributed by atoms with Crippen molar-refractivity contribution in [2.24, 2.45) is 5.73 Å². The van der Waals surface area contributed by atoms with Crippen molar-refractivity contribution in [3.05, 3.63) is 62.5 Å². The van der Waals surface area contributed by atoms with Gasteiger partial charge >= 0.3 is 0 Å². The van der Waals surface area contributed by atoms with Gasteiger partial charge in [0.2, 0.25) is 5.91 Å². The summed E-state index contributed by atoms with van der Waals surface area (Å²) in [4.78, 5) is 12.2. The number of amides is 1. The van der Waals surface area contributed by atoms with Crippen molar-refractivity contribution in [2.75, 3.05) is 5.32 Å². The minimum atomic E-state index is -0.698. The van der Waals surface area contributed by atoms with E-state index in [-0.39, 0.29) is 5.91 Å². The minimum Gasteiger partial charge on any atom is -0.322 e. The lowest BCUT2D eigenvalue weighted by molar-refractivity contribution is -0.117. The molecule has 3 N–H and O–H groups in total. The molecule has 0 aromatic heterocycles. The molecule has 3 nitrogen and oxygen atoms in total. The summed E-state index contributed by atoms with van der Waals surface area (Å²) in [6.45, 7) is 1.98. The molecule has 2 aromatic carbocycles. The summed E-state index contributed by atoms with van der Waals surface area (Å²) in [7, 11) is 0. The van der Waals surface area contributed by atoms with Crippen LogP contribution in [0.5, 0.6) is 0 Å². The van der Waals surface area contributed by atoms with Crippen LogP contribution >= 0.6 is 31.9 Å². The molecule has 5 heteroatoms. The third-order valence-electron chi connectivity index (χ3n) is 2.88. The number of hydrogen-bond acceptors (Lipinski definition) is 2. The number of aryl methyl sites for hydroxylation is 1. The molecule has 0 aliphatic carbocycles. The topological polar surface area (TPSA) is 55.1 Å². The lowest BCUT2D eigenvalue weighted by atomic mass is 10.1. The molecule has 1 amide bonds. The largest absolute Gasteiger partial charge is 0.322 e. The van der Waals surface area contributed by atoms with Crippen molar-refractivity contribution in [1.29, 1.82) is 0 Å². The second-order valence-electron chi connectivity index (χ2n) is 4.48. The van der Waals surface area contributed by atoms with Crippen LogP contribution in [0.2, 0.25) is 0 Å². The minimum absolute atomic E-state index is 0.249. The highest BCUT2D eigenvalue weighted by Crippen LogP contribution is 2.32. The maximum absolute atomic E-state index is 12.2. The Labute approximate surface area is 134 Å². The highest BCUT2D eigenvalue weighted by Gasteiger charge is 2.18. The molecule has 0 radical (unpaired) electrons. The Morgan fingerprint density at radius 3 is 2.25 bits per heavy atom. The molecule has 0 aliphatic rings. The third kappa shape index (κ3) is 3.48. The van der Waals surface area contributed by atoms with Crippen LogP contribution in [0, 0.1) is 6.92 Å². The zero-order valence-electron chi connectivity index (χ0n) is 10.9. The van der Waals surface area contributed by atoms with E-state index < -0.39 is 6.04 Å². The quantitative estimate of drug-likeness (QED) is 0.816. The molecule has 2 aromatic rings. The molecule has 104 valence electrons. The zero-order valence-corrected chi connectivity index (χ0v) is 14.0. The Morgan fingerprint density at radius 1 is 1.15 bits per heavy atom. The Morgan fingerprint density at radius 2 is 1.70 bits per heavy atom. The molecule has 2 rings (SSSR count). The van der Waals surface area contributed by atoms with E-state index in [9.17, 15) is 4.79 Å². The number of carbonyl (C=O) groups is 1. The first-order valence-corrected chi connectivity index (χ1v) is 7.64. The molecule has 0 spiro atoms. The molecule has 1 atom stereocenters. The van der Waals surface area contributed by atoms with E-state index >= 15 is 0 Å². The van der Waals surface area contributed by atoms with Crippen molar-refractivity contribution in [1.82, 2.24) is 0 Å². The van der Waals surface area contributed by atoms with Crippen molar-refractivity contribution >= 4 is 43.5 Å². The predicted molar refractivity (Wildman–Crippen MR) is 88.6 cm³/mol. The molecule has 0 heterocycles. The summed E-state index contributed by atoms with van der Waals surface area (Å²) < 4.78 is 1.64. The number of halogens is 2. The molecular weight excluding hydrogens is 384 g/mol. The lowest BCUT2D eigenvalue weighted by Gasteiger charge is -2.15. The Bertz CT molecular complexity index is 606. The van der Waals surface area contributed by atoms with E-state index in [1.54, 1.807) is 0 Å². The summed E-state index contributed by atoms with van der Waals surface area (Å²) in [6.07, 6.45) is 0. The van der Waals surface area contributed by atoms with Crippen LogP contribution in [0.25, 0.3) is 0 Å². The highest BCUT2D eigenvalue weighted by molar-refractivity contribution is 9.11. The highest BCUT2D eigenvalue weighted by atomic mass is 79.9. The van der Waals surface area contributed by atoms with Crippen molar-refractivity contribution in [2.45, 2.75) is 13.0 Å². The number of carbonyl (C=O) groups excluding carboxylic acids is 1. The van der Waals surface area contributed by atoms with Crippen LogP contribution in [0.15, 0.2) is 51.4 Å². The van der Waals surface area contributed by atoms with E-state index in [1.165, 1.54) is 0 Å². The summed E-state index contributed by atoms with van der Waals surface area (Å²) in [5.41, 5.74) is 8.53. The van der Waals surface area contributed by atoms with Gasteiger partial charge in [-0.2, -0.15) is 0 Å². The van der Waals surface area contributed by atoms with Crippen LogP contribution in [0.1, 0.15) is 17.2 Å². The van der Waals surface area contributed by atoms with Gasteiger partial charge in [-0.25, -0.2) is 0 Å². The fraction of sp³-hybridized carbons (Fsp3) is 0.133. The van der Waals surface area contributed by atoms with Crippen molar-refractivity contribution < 1.29 is 4.79 Å². The number of benzene rings is 2. The van der Waals surface area contributed by atoms with E-state index in [2.05, 4.69) is 37.2 Å². The fourth-order valence-corrected chi connectivity index (χ4v) is 3.45. The van der Waals surface area contributed by atoms with Gasteiger partial charge < -0.3 is 11.1 Å². The monoisotopic (exact) mass is 396 g/mol. The van der Waals surface area contributed by atoms with E-state index in [4.69, 9.17) is 5.73 Å². The number of rotatable bonds is 3. The van der Waals surface area contributed by atoms with Crippen LogP contribution in [-0.2, 0) is 4.79 Å². The molecule has 0 aliphatic heterocycles. The van der Waals surface area contributed by atoms with Gasteiger partial charge in [-0.1, -0.05) is 30.3 Å². The van der Waals surface area contributed by atoms with Gasteiger partial charge in [0.25, 0.3) is 0 Å². The smallest absolute Gasteiger partial charge is 0.245 e. The summed E-state index contributed by atoms with van der Waals surface area (Å²) in [6, 6.07) is 12.5.